The predicted molar refractivity (Wildman–Crippen MR) is 97.5 cm³/mol. The van der Waals surface area contributed by atoms with Gasteiger partial charge in [0.1, 0.15) is 0 Å². The lowest BCUT2D eigenvalue weighted by molar-refractivity contribution is -0.129. The number of nitrogens with zero attached hydrogens (tertiary/aromatic N) is 1. The second kappa shape index (κ2) is 7.37. The number of sulfone groups is 1. The van der Waals surface area contributed by atoms with Crippen LogP contribution in [0.2, 0.25) is 0 Å². The molecule has 0 spiro atoms. The molecule has 1 N–H and O–H groups in total. The summed E-state index contributed by atoms with van der Waals surface area (Å²) in [5.74, 6) is -0.410. The highest BCUT2D eigenvalue weighted by Gasteiger charge is 2.27. The Hall–Kier alpha value is -1.54. The molecule has 2 heterocycles. The zero-order valence-electron chi connectivity index (χ0n) is 14.2. The first-order valence-corrected chi connectivity index (χ1v) is 11.1. The number of amides is 2. The molecular formula is C17H22N2O4S2. The molecule has 6 nitrogen and oxygen atoms in total. The number of carbonyl (C=O) groups excluding carboxylic acids is 2. The summed E-state index contributed by atoms with van der Waals surface area (Å²) >= 11 is 1.45. The highest BCUT2D eigenvalue weighted by Crippen LogP contribution is 2.38. The van der Waals surface area contributed by atoms with Crippen LogP contribution in [-0.4, -0.2) is 49.2 Å². The number of likely N-dealkylation sites (tertiary alicyclic amines) is 1. The van der Waals surface area contributed by atoms with Gasteiger partial charge in [0, 0.05) is 24.4 Å². The van der Waals surface area contributed by atoms with E-state index in [0.717, 1.165) is 30.8 Å². The number of hydrogen-bond acceptors (Lipinski definition) is 5. The summed E-state index contributed by atoms with van der Waals surface area (Å²) in [6, 6.07) is 4.80. The van der Waals surface area contributed by atoms with Crippen LogP contribution in [0.3, 0.4) is 0 Å². The van der Waals surface area contributed by atoms with Crippen molar-refractivity contribution in [1.82, 2.24) is 4.90 Å². The molecule has 1 atom stereocenters. The molecule has 2 amide bonds. The van der Waals surface area contributed by atoms with Crippen molar-refractivity contribution in [2.45, 2.75) is 47.6 Å². The molecule has 1 aromatic rings. The Bertz CT molecular complexity index is 786. The van der Waals surface area contributed by atoms with Crippen LogP contribution in [-0.2, 0) is 19.4 Å². The van der Waals surface area contributed by atoms with Gasteiger partial charge in [-0.2, -0.15) is 0 Å². The maximum atomic E-state index is 12.5. The number of thioether (sulfide) groups is 1. The molecule has 1 fully saturated rings. The first-order valence-electron chi connectivity index (χ1n) is 8.53. The van der Waals surface area contributed by atoms with E-state index in [1.165, 1.54) is 17.8 Å². The van der Waals surface area contributed by atoms with Gasteiger partial charge >= 0.3 is 0 Å². The second-order valence-corrected chi connectivity index (χ2v) is 9.67. The number of rotatable bonds is 5. The SMILES string of the molecule is CCC1Sc2ccc(S(=O)(=O)CCC(=O)N3CCCC3)cc2NC1=O. The maximum Gasteiger partial charge on any atom is 0.237 e. The van der Waals surface area contributed by atoms with Gasteiger partial charge in [0.15, 0.2) is 9.84 Å². The lowest BCUT2D eigenvalue weighted by Crippen LogP contribution is -2.29. The fourth-order valence-corrected chi connectivity index (χ4v) is 5.33. The van der Waals surface area contributed by atoms with E-state index in [4.69, 9.17) is 0 Å². The molecular weight excluding hydrogens is 360 g/mol. The first kappa shape index (κ1) is 18.3. The lowest BCUT2D eigenvalue weighted by atomic mass is 10.2. The van der Waals surface area contributed by atoms with Gasteiger partial charge in [-0.05, 0) is 37.5 Å². The minimum absolute atomic E-state index is 0.00155. The molecule has 3 rings (SSSR count). The predicted octanol–water partition coefficient (Wildman–Crippen LogP) is 2.30. The Labute approximate surface area is 152 Å². The second-order valence-electron chi connectivity index (χ2n) is 6.32. The van der Waals surface area contributed by atoms with Crippen LogP contribution < -0.4 is 5.32 Å². The van der Waals surface area contributed by atoms with Crippen LogP contribution >= 0.6 is 11.8 Å². The summed E-state index contributed by atoms with van der Waals surface area (Å²) < 4.78 is 25.1. The van der Waals surface area contributed by atoms with Crippen molar-refractivity contribution in [3.63, 3.8) is 0 Å². The maximum absolute atomic E-state index is 12.5. The van der Waals surface area contributed by atoms with Gasteiger partial charge in [0.2, 0.25) is 11.8 Å². The van der Waals surface area contributed by atoms with Gasteiger partial charge in [0.05, 0.1) is 21.6 Å². The smallest absolute Gasteiger partial charge is 0.237 e. The van der Waals surface area contributed by atoms with Crippen LogP contribution in [0, 0.1) is 0 Å². The van der Waals surface area contributed by atoms with Crippen molar-refractivity contribution in [3.05, 3.63) is 18.2 Å². The van der Waals surface area contributed by atoms with Gasteiger partial charge in [-0.25, -0.2) is 8.42 Å². The summed E-state index contributed by atoms with van der Waals surface area (Å²) in [7, 11) is -3.56. The largest absolute Gasteiger partial charge is 0.343 e. The summed E-state index contributed by atoms with van der Waals surface area (Å²) in [5.41, 5.74) is 0.534. The van der Waals surface area contributed by atoms with E-state index in [1.54, 1.807) is 17.0 Å². The molecule has 0 aliphatic carbocycles. The van der Waals surface area contributed by atoms with E-state index in [0.29, 0.717) is 12.1 Å². The standard InChI is InChI=1S/C17H22N2O4S2/c1-2-14-17(21)18-13-11-12(5-6-15(13)24-14)25(22,23)10-7-16(20)19-8-3-4-9-19/h5-6,11,14H,2-4,7-10H2,1H3,(H,18,21). The number of hydrogen-bond donors (Lipinski definition) is 1. The Morgan fingerprint density at radius 2 is 2.04 bits per heavy atom. The Balaban J connectivity index is 1.71. The fraction of sp³-hybridized carbons (Fsp3) is 0.529. The molecule has 0 saturated carbocycles. The molecule has 0 bridgehead atoms. The molecule has 2 aliphatic heterocycles. The zero-order valence-corrected chi connectivity index (χ0v) is 15.8. The number of anilines is 1. The minimum Gasteiger partial charge on any atom is -0.343 e. The minimum atomic E-state index is -3.56. The van der Waals surface area contributed by atoms with E-state index in [-0.39, 0.29) is 34.1 Å². The first-order chi connectivity index (χ1) is 11.9. The van der Waals surface area contributed by atoms with Crippen LogP contribution in [0.5, 0.6) is 0 Å². The third-order valence-corrected chi connectivity index (χ3v) is 7.70. The molecule has 0 aromatic heterocycles. The van der Waals surface area contributed by atoms with E-state index >= 15 is 0 Å². The average Bonchev–Trinajstić information content (AvgIpc) is 3.13. The van der Waals surface area contributed by atoms with Gasteiger partial charge in [0.25, 0.3) is 0 Å². The van der Waals surface area contributed by atoms with Gasteiger partial charge in [-0.3, -0.25) is 9.59 Å². The van der Waals surface area contributed by atoms with Crippen LogP contribution in [0.15, 0.2) is 28.0 Å². The van der Waals surface area contributed by atoms with E-state index in [2.05, 4.69) is 5.32 Å². The third-order valence-electron chi connectivity index (χ3n) is 4.54. The highest BCUT2D eigenvalue weighted by molar-refractivity contribution is 8.01. The topological polar surface area (TPSA) is 83.6 Å². The van der Waals surface area contributed by atoms with Gasteiger partial charge in [-0.15, -0.1) is 11.8 Å². The van der Waals surface area contributed by atoms with E-state index < -0.39 is 9.84 Å². The van der Waals surface area contributed by atoms with Crippen LogP contribution in [0.4, 0.5) is 5.69 Å². The Morgan fingerprint density at radius 1 is 1.32 bits per heavy atom. The summed E-state index contributed by atoms with van der Waals surface area (Å²) in [6.07, 6.45) is 2.69. The molecule has 136 valence electrons. The van der Waals surface area contributed by atoms with Crippen molar-refractivity contribution in [2.24, 2.45) is 0 Å². The van der Waals surface area contributed by atoms with Crippen molar-refractivity contribution in [2.75, 3.05) is 24.2 Å². The number of nitrogens with one attached hydrogen (secondary N) is 1. The monoisotopic (exact) mass is 382 g/mol. The summed E-state index contributed by atoms with van der Waals surface area (Å²) in [5, 5.41) is 2.64. The number of benzene rings is 1. The van der Waals surface area contributed by atoms with Crippen molar-refractivity contribution in [1.29, 1.82) is 0 Å². The van der Waals surface area contributed by atoms with Crippen LogP contribution in [0.25, 0.3) is 0 Å². The normalized spacial score (nSPS) is 20.3. The molecule has 2 aliphatic rings. The molecule has 1 saturated heterocycles. The average molecular weight is 383 g/mol. The van der Waals surface area contributed by atoms with Crippen molar-refractivity contribution in [3.8, 4) is 0 Å². The molecule has 1 unspecified atom stereocenters. The highest BCUT2D eigenvalue weighted by atomic mass is 32.2. The number of fused-ring (bicyclic) bond motifs is 1. The van der Waals surface area contributed by atoms with Crippen LogP contribution in [0.1, 0.15) is 32.6 Å². The Morgan fingerprint density at radius 3 is 2.72 bits per heavy atom. The third kappa shape index (κ3) is 4.00. The van der Waals surface area contributed by atoms with Crippen molar-refractivity contribution < 1.29 is 18.0 Å². The Kier molecular flexibility index (Phi) is 5.38. The molecule has 0 radical (unpaired) electrons. The van der Waals surface area contributed by atoms with E-state index in [9.17, 15) is 18.0 Å². The quantitative estimate of drug-likeness (QED) is 0.845. The number of carbonyl (C=O) groups is 2. The summed E-state index contributed by atoms with van der Waals surface area (Å²) in [6.45, 7) is 3.39. The lowest BCUT2D eigenvalue weighted by Gasteiger charge is -2.23. The van der Waals surface area contributed by atoms with Gasteiger partial charge in [-0.1, -0.05) is 6.92 Å². The zero-order chi connectivity index (χ0) is 18.0. The molecule has 1 aromatic carbocycles. The van der Waals surface area contributed by atoms with Crippen molar-refractivity contribution >= 4 is 39.1 Å². The van der Waals surface area contributed by atoms with Gasteiger partial charge < -0.3 is 10.2 Å². The fourth-order valence-electron chi connectivity index (χ4n) is 3.06. The van der Waals surface area contributed by atoms with E-state index in [1.807, 2.05) is 6.92 Å². The summed E-state index contributed by atoms with van der Waals surface area (Å²) in [4.78, 5) is 26.8. The molecule has 25 heavy (non-hydrogen) atoms. The molecule has 8 heteroatoms.